The van der Waals surface area contributed by atoms with Crippen LogP contribution in [0.5, 0.6) is 0 Å². The summed E-state index contributed by atoms with van der Waals surface area (Å²) in [7, 11) is -3.62. The summed E-state index contributed by atoms with van der Waals surface area (Å²) in [5.41, 5.74) is 0. The number of alkyl halides is 2. The maximum absolute atomic E-state index is 11.9. The van der Waals surface area contributed by atoms with Gasteiger partial charge >= 0.3 is 0 Å². The summed E-state index contributed by atoms with van der Waals surface area (Å²) in [5, 5.41) is 9.04. The topological polar surface area (TPSA) is 78.9 Å². The lowest BCUT2D eigenvalue weighted by atomic mass is 10.0. The van der Waals surface area contributed by atoms with Crippen molar-refractivity contribution < 1.29 is 27.0 Å². The summed E-state index contributed by atoms with van der Waals surface area (Å²) in [6.45, 7) is -0.189. The number of aliphatic hydroxyl groups is 1. The molecule has 1 rings (SSSR count). The molecule has 1 aliphatic heterocycles. The molecule has 19 heavy (non-hydrogen) atoms. The van der Waals surface area contributed by atoms with Crippen LogP contribution in [-0.4, -0.2) is 63.7 Å². The number of rotatable bonds is 8. The van der Waals surface area contributed by atoms with Crippen LogP contribution in [0, 0.1) is 5.92 Å². The lowest BCUT2D eigenvalue weighted by Gasteiger charge is -2.30. The Morgan fingerprint density at radius 1 is 1.47 bits per heavy atom. The van der Waals surface area contributed by atoms with Crippen molar-refractivity contribution in [3.05, 3.63) is 0 Å². The first-order valence-corrected chi connectivity index (χ1v) is 7.61. The molecule has 0 radical (unpaired) electrons. The third-order valence-corrected chi connectivity index (χ3v) is 4.43. The van der Waals surface area contributed by atoms with E-state index in [0.717, 1.165) is 6.42 Å². The summed E-state index contributed by atoms with van der Waals surface area (Å²) in [5.74, 6) is -0.0413. The molecule has 114 valence electrons. The molecule has 2 N–H and O–H groups in total. The average molecular weight is 302 g/mol. The average Bonchev–Trinajstić information content (AvgIpc) is 2.38. The largest absolute Gasteiger partial charge is 0.396 e. The van der Waals surface area contributed by atoms with Crippen molar-refractivity contribution >= 4 is 10.2 Å². The normalized spacial score (nSPS) is 22.0. The molecule has 1 saturated heterocycles. The molecule has 1 fully saturated rings. The minimum atomic E-state index is -3.62. The summed E-state index contributed by atoms with van der Waals surface area (Å²) < 4.78 is 55.4. The molecule has 0 aromatic heterocycles. The quantitative estimate of drug-likeness (QED) is 0.609. The Labute approximate surface area is 111 Å². The molecular weight excluding hydrogens is 282 g/mol. The Bertz CT molecular complexity index is 353. The smallest absolute Gasteiger partial charge is 0.279 e. The molecule has 0 bridgehead atoms. The van der Waals surface area contributed by atoms with Crippen LogP contribution in [0.4, 0.5) is 8.78 Å². The van der Waals surface area contributed by atoms with Gasteiger partial charge in [0.15, 0.2) is 0 Å². The fourth-order valence-electron chi connectivity index (χ4n) is 1.90. The molecule has 0 aliphatic carbocycles. The fourth-order valence-corrected chi connectivity index (χ4v) is 3.20. The Morgan fingerprint density at radius 2 is 2.21 bits per heavy atom. The van der Waals surface area contributed by atoms with Crippen molar-refractivity contribution in [3.8, 4) is 0 Å². The second kappa shape index (κ2) is 8.05. The Balaban J connectivity index is 2.30. The van der Waals surface area contributed by atoms with Crippen molar-refractivity contribution in [2.24, 2.45) is 5.92 Å². The van der Waals surface area contributed by atoms with Crippen LogP contribution >= 0.6 is 0 Å². The maximum Gasteiger partial charge on any atom is 0.279 e. The van der Waals surface area contributed by atoms with E-state index < -0.39 is 23.2 Å². The maximum atomic E-state index is 11.9. The highest BCUT2D eigenvalue weighted by Gasteiger charge is 2.28. The number of aliphatic hydroxyl groups excluding tert-OH is 1. The summed E-state index contributed by atoms with van der Waals surface area (Å²) >= 11 is 0. The van der Waals surface area contributed by atoms with E-state index in [-0.39, 0.29) is 32.2 Å². The second-order valence-electron chi connectivity index (χ2n) is 4.41. The lowest BCUT2D eigenvalue weighted by molar-refractivity contribution is 0.0198. The predicted molar refractivity (Wildman–Crippen MR) is 65.1 cm³/mol. The minimum Gasteiger partial charge on any atom is -0.396 e. The summed E-state index contributed by atoms with van der Waals surface area (Å²) in [6, 6.07) is 0. The van der Waals surface area contributed by atoms with Gasteiger partial charge in [-0.2, -0.15) is 17.4 Å². The van der Waals surface area contributed by atoms with Gasteiger partial charge in [-0.3, -0.25) is 0 Å². The van der Waals surface area contributed by atoms with E-state index in [1.54, 1.807) is 0 Å². The van der Waals surface area contributed by atoms with E-state index in [1.165, 1.54) is 4.31 Å². The van der Waals surface area contributed by atoms with Crippen molar-refractivity contribution in [1.29, 1.82) is 0 Å². The van der Waals surface area contributed by atoms with Crippen molar-refractivity contribution in [1.82, 2.24) is 9.03 Å². The van der Waals surface area contributed by atoms with E-state index >= 15 is 0 Å². The highest BCUT2D eigenvalue weighted by atomic mass is 32.2. The van der Waals surface area contributed by atoms with Crippen LogP contribution in [0.15, 0.2) is 0 Å². The van der Waals surface area contributed by atoms with Crippen LogP contribution in [0.2, 0.25) is 0 Å². The van der Waals surface area contributed by atoms with E-state index in [4.69, 9.17) is 5.11 Å². The monoisotopic (exact) mass is 302 g/mol. The first-order valence-electron chi connectivity index (χ1n) is 6.17. The highest BCUT2D eigenvalue weighted by Crippen LogP contribution is 2.17. The van der Waals surface area contributed by atoms with Gasteiger partial charge in [0, 0.05) is 26.2 Å². The molecular formula is C10H20F2N2O4S. The Morgan fingerprint density at radius 3 is 2.84 bits per heavy atom. The summed E-state index contributed by atoms with van der Waals surface area (Å²) in [4.78, 5) is 0. The van der Waals surface area contributed by atoms with Crippen LogP contribution in [0.1, 0.15) is 12.8 Å². The third kappa shape index (κ3) is 6.09. The fraction of sp³-hybridized carbons (Fsp3) is 1.00. The first kappa shape index (κ1) is 16.7. The van der Waals surface area contributed by atoms with Crippen molar-refractivity contribution in [2.45, 2.75) is 19.3 Å². The molecule has 0 saturated carbocycles. The van der Waals surface area contributed by atoms with Gasteiger partial charge in [-0.1, -0.05) is 0 Å². The number of hydrogen-bond acceptors (Lipinski definition) is 4. The summed E-state index contributed by atoms with van der Waals surface area (Å²) in [6.07, 6.45) is -1.04. The van der Waals surface area contributed by atoms with Gasteiger partial charge < -0.3 is 9.84 Å². The molecule has 1 unspecified atom stereocenters. The zero-order chi connectivity index (χ0) is 14.3. The van der Waals surface area contributed by atoms with Gasteiger partial charge in [0.2, 0.25) is 0 Å². The van der Waals surface area contributed by atoms with E-state index in [9.17, 15) is 17.2 Å². The van der Waals surface area contributed by atoms with Gasteiger partial charge in [-0.05, 0) is 18.8 Å². The number of hydrogen-bond donors (Lipinski definition) is 2. The van der Waals surface area contributed by atoms with Gasteiger partial charge in [-0.15, -0.1) is 0 Å². The zero-order valence-corrected chi connectivity index (χ0v) is 11.4. The first-order chi connectivity index (χ1) is 8.95. The number of piperidine rings is 1. The van der Waals surface area contributed by atoms with E-state index in [2.05, 4.69) is 9.46 Å². The number of halogens is 2. The molecule has 1 aliphatic rings. The molecule has 0 amide bonds. The number of ether oxygens (including phenoxy) is 1. The molecule has 0 aromatic carbocycles. The SMILES string of the molecule is O=S(=O)(NCCOCC(F)F)N1CCCC(CO)C1. The standard InChI is InChI=1S/C10H20F2N2O4S/c11-10(12)8-18-5-3-13-19(16,17)14-4-1-2-9(6-14)7-15/h9-10,13,15H,1-8H2. The van der Waals surface area contributed by atoms with Crippen molar-refractivity contribution in [2.75, 3.05) is 39.5 Å². The van der Waals surface area contributed by atoms with Crippen LogP contribution in [0.25, 0.3) is 0 Å². The zero-order valence-electron chi connectivity index (χ0n) is 10.6. The minimum absolute atomic E-state index is 0.0382. The van der Waals surface area contributed by atoms with Crippen molar-refractivity contribution in [3.63, 3.8) is 0 Å². The number of nitrogens with one attached hydrogen (secondary N) is 1. The molecule has 1 atom stereocenters. The van der Waals surface area contributed by atoms with Gasteiger partial charge in [0.25, 0.3) is 16.6 Å². The molecule has 6 nitrogen and oxygen atoms in total. The molecule has 0 spiro atoms. The number of nitrogens with zero attached hydrogens (tertiary/aromatic N) is 1. The van der Waals surface area contributed by atoms with Crippen LogP contribution in [-0.2, 0) is 14.9 Å². The van der Waals surface area contributed by atoms with Gasteiger partial charge in [-0.25, -0.2) is 8.78 Å². The van der Waals surface area contributed by atoms with Gasteiger partial charge in [0.05, 0.1) is 6.61 Å². The molecule has 9 heteroatoms. The van der Waals surface area contributed by atoms with Crippen LogP contribution in [0.3, 0.4) is 0 Å². The Hall–Kier alpha value is -0.350. The van der Waals surface area contributed by atoms with E-state index in [1.807, 2.05) is 0 Å². The predicted octanol–water partition coefficient (Wildman–Crippen LogP) is -0.193. The lowest BCUT2D eigenvalue weighted by Crippen LogP contribution is -2.47. The molecule has 1 heterocycles. The Kier molecular flexibility index (Phi) is 7.08. The van der Waals surface area contributed by atoms with Gasteiger partial charge in [0.1, 0.15) is 6.61 Å². The van der Waals surface area contributed by atoms with Crippen LogP contribution < -0.4 is 4.72 Å². The third-order valence-electron chi connectivity index (χ3n) is 2.85. The second-order valence-corrected chi connectivity index (χ2v) is 6.17. The molecule has 0 aromatic rings. The highest BCUT2D eigenvalue weighted by molar-refractivity contribution is 7.87. The van der Waals surface area contributed by atoms with E-state index in [0.29, 0.717) is 13.0 Å².